The maximum atomic E-state index is 13.2. The van der Waals surface area contributed by atoms with Crippen LogP contribution < -0.4 is 0 Å². The molecule has 3 rings (SSSR count). The monoisotopic (exact) mass is 326 g/mol. The van der Waals surface area contributed by atoms with E-state index in [-0.39, 0.29) is 17.3 Å². The Balaban J connectivity index is 2.07. The highest BCUT2D eigenvalue weighted by Crippen LogP contribution is 2.39. The number of methoxy groups -OCH3 is 1. The summed E-state index contributed by atoms with van der Waals surface area (Å²) < 4.78 is 23.3. The van der Waals surface area contributed by atoms with E-state index in [1.807, 2.05) is 30.3 Å². The summed E-state index contributed by atoms with van der Waals surface area (Å²) in [6.07, 6.45) is 0.912. The molecule has 2 aromatic rings. The van der Waals surface area contributed by atoms with Gasteiger partial charge in [0.2, 0.25) is 0 Å². The van der Waals surface area contributed by atoms with E-state index in [9.17, 15) is 14.0 Å². The van der Waals surface area contributed by atoms with Crippen LogP contribution in [0.5, 0.6) is 0 Å². The van der Waals surface area contributed by atoms with Gasteiger partial charge >= 0.3 is 11.9 Å². The summed E-state index contributed by atoms with van der Waals surface area (Å²) in [5.41, 5.74) is 1.39. The molecule has 0 unspecified atom stereocenters. The molecule has 0 saturated carbocycles. The summed E-state index contributed by atoms with van der Waals surface area (Å²) in [5, 5.41) is 0. The number of hydrogen-bond donors (Lipinski definition) is 0. The number of cyclic esters (lactones) is 1. The number of carbonyl (C=O) groups excluding carboxylic acids is 2. The van der Waals surface area contributed by atoms with E-state index >= 15 is 0 Å². The average Bonchev–Trinajstić information content (AvgIpc) is 2.62. The van der Waals surface area contributed by atoms with Crippen LogP contribution >= 0.6 is 0 Å². The zero-order valence-corrected chi connectivity index (χ0v) is 12.9. The Morgan fingerprint density at radius 3 is 2.33 bits per heavy atom. The minimum Gasteiger partial charge on any atom is -0.465 e. The predicted octanol–water partition coefficient (Wildman–Crippen LogP) is 3.31. The van der Waals surface area contributed by atoms with Gasteiger partial charge in [-0.3, -0.25) is 0 Å². The molecule has 2 aromatic carbocycles. The van der Waals surface area contributed by atoms with Gasteiger partial charge in [-0.25, -0.2) is 14.0 Å². The van der Waals surface area contributed by atoms with Crippen LogP contribution in [0.4, 0.5) is 4.39 Å². The van der Waals surface area contributed by atoms with E-state index in [1.165, 1.54) is 19.2 Å². The van der Waals surface area contributed by atoms with Crippen molar-refractivity contribution in [1.29, 1.82) is 0 Å². The predicted molar refractivity (Wildman–Crippen MR) is 84.5 cm³/mol. The lowest BCUT2D eigenvalue weighted by Gasteiger charge is -2.30. The summed E-state index contributed by atoms with van der Waals surface area (Å²) in [6, 6.07) is 15.1. The molecule has 1 aliphatic heterocycles. The average molecular weight is 326 g/mol. The van der Waals surface area contributed by atoms with E-state index in [0.29, 0.717) is 5.56 Å². The SMILES string of the molecule is COC(=O)C1=C[C@H](c2ccccc2)[C@@H](c2ccc(F)cc2)OC1=O. The number of carbonyl (C=O) groups is 2. The maximum absolute atomic E-state index is 13.2. The third kappa shape index (κ3) is 3.06. The molecule has 0 radical (unpaired) electrons. The van der Waals surface area contributed by atoms with Crippen molar-refractivity contribution in [3.8, 4) is 0 Å². The number of benzene rings is 2. The molecule has 1 aliphatic rings. The number of esters is 2. The van der Waals surface area contributed by atoms with Crippen LogP contribution in [0.15, 0.2) is 66.2 Å². The molecule has 0 saturated heterocycles. The Labute approximate surface area is 138 Å². The molecule has 0 N–H and O–H groups in total. The first-order chi connectivity index (χ1) is 11.6. The second-order valence-electron chi connectivity index (χ2n) is 5.39. The van der Waals surface area contributed by atoms with Crippen LogP contribution in [-0.4, -0.2) is 19.0 Å². The largest absolute Gasteiger partial charge is 0.465 e. The minimum absolute atomic E-state index is 0.135. The van der Waals surface area contributed by atoms with Gasteiger partial charge in [0.05, 0.1) is 7.11 Å². The van der Waals surface area contributed by atoms with E-state index in [4.69, 9.17) is 4.74 Å². The lowest BCUT2D eigenvalue weighted by molar-refractivity contribution is -0.151. The second kappa shape index (κ2) is 6.66. The van der Waals surface area contributed by atoms with E-state index in [1.54, 1.807) is 18.2 Å². The summed E-state index contributed by atoms with van der Waals surface area (Å²) in [5.74, 6) is -2.23. The fourth-order valence-corrected chi connectivity index (χ4v) is 2.72. The molecule has 0 spiro atoms. The maximum Gasteiger partial charge on any atom is 0.345 e. The lowest BCUT2D eigenvalue weighted by atomic mass is 9.85. The van der Waals surface area contributed by atoms with Crippen molar-refractivity contribution in [3.63, 3.8) is 0 Å². The normalized spacial score (nSPS) is 20.1. The van der Waals surface area contributed by atoms with Crippen LogP contribution in [0.25, 0.3) is 0 Å². The molecule has 0 aromatic heterocycles. The molecular formula is C19H15FO4. The number of ether oxygens (including phenoxy) is 2. The summed E-state index contributed by atoms with van der Waals surface area (Å²) >= 11 is 0. The molecule has 5 heteroatoms. The third-order valence-electron chi connectivity index (χ3n) is 3.91. The molecule has 0 aliphatic carbocycles. The molecule has 4 nitrogen and oxygen atoms in total. The van der Waals surface area contributed by atoms with Gasteiger partial charge < -0.3 is 9.47 Å². The highest BCUT2D eigenvalue weighted by Gasteiger charge is 2.36. The highest BCUT2D eigenvalue weighted by atomic mass is 19.1. The molecular weight excluding hydrogens is 311 g/mol. The van der Waals surface area contributed by atoms with Crippen LogP contribution in [0, 0.1) is 5.82 Å². The minimum atomic E-state index is -0.747. The summed E-state index contributed by atoms with van der Waals surface area (Å²) in [4.78, 5) is 24.0. The third-order valence-corrected chi connectivity index (χ3v) is 3.91. The smallest absolute Gasteiger partial charge is 0.345 e. The van der Waals surface area contributed by atoms with Gasteiger partial charge in [-0.15, -0.1) is 0 Å². The molecule has 0 amide bonds. The molecule has 122 valence electrons. The van der Waals surface area contributed by atoms with Crippen LogP contribution in [0.1, 0.15) is 23.1 Å². The quantitative estimate of drug-likeness (QED) is 0.641. The number of hydrogen-bond acceptors (Lipinski definition) is 4. The van der Waals surface area contributed by atoms with Crippen molar-refractivity contribution >= 4 is 11.9 Å². The number of halogens is 1. The van der Waals surface area contributed by atoms with E-state index in [0.717, 1.165) is 5.56 Å². The van der Waals surface area contributed by atoms with Crippen LogP contribution in [-0.2, 0) is 19.1 Å². The summed E-state index contributed by atoms with van der Waals surface area (Å²) in [7, 11) is 1.21. The summed E-state index contributed by atoms with van der Waals surface area (Å²) in [6.45, 7) is 0. The van der Waals surface area contributed by atoms with Gasteiger partial charge in [-0.2, -0.15) is 0 Å². The van der Waals surface area contributed by atoms with Gasteiger partial charge in [0.25, 0.3) is 0 Å². The van der Waals surface area contributed by atoms with Gasteiger partial charge in [0.1, 0.15) is 17.5 Å². The van der Waals surface area contributed by atoms with E-state index < -0.39 is 18.0 Å². The molecule has 0 fully saturated rings. The first-order valence-electron chi connectivity index (χ1n) is 7.41. The van der Waals surface area contributed by atoms with Crippen molar-refractivity contribution < 1.29 is 23.5 Å². The Morgan fingerprint density at radius 2 is 1.71 bits per heavy atom. The lowest BCUT2D eigenvalue weighted by Crippen LogP contribution is -2.28. The topological polar surface area (TPSA) is 52.6 Å². The van der Waals surface area contributed by atoms with Crippen molar-refractivity contribution in [1.82, 2.24) is 0 Å². The van der Waals surface area contributed by atoms with Gasteiger partial charge in [-0.1, -0.05) is 48.5 Å². The van der Waals surface area contributed by atoms with Crippen molar-refractivity contribution in [2.75, 3.05) is 7.11 Å². The molecule has 1 heterocycles. The standard InChI is InChI=1S/C19H15FO4/c1-23-18(21)16-11-15(12-5-3-2-4-6-12)17(24-19(16)22)13-7-9-14(20)10-8-13/h2-11,15,17H,1H3/t15-,17-/m1/s1. The van der Waals surface area contributed by atoms with Crippen LogP contribution in [0.2, 0.25) is 0 Å². The van der Waals surface area contributed by atoms with Crippen molar-refractivity contribution in [2.24, 2.45) is 0 Å². The van der Waals surface area contributed by atoms with Crippen LogP contribution in [0.3, 0.4) is 0 Å². The Morgan fingerprint density at radius 1 is 1.04 bits per heavy atom. The van der Waals surface area contributed by atoms with Crippen molar-refractivity contribution in [2.45, 2.75) is 12.0 Å². The number of rotatable bonds is 3. The Kier molecular flexibility index (Phi) is 4.42. The first kappa shape index (κ1) is 15.9. The van der Waals surface area contributed by atoms with Gasteiger partial charge in [-0.05, 0) is 23.3 Å². The van der Waals surface area contributed by atoms with Crippen molar-refractivity contribution in [3.05, 3.63) is 83.2 Å². The fraction of sp³-hybridized carbons (Fsp3) is 0.158. The van der Waals surface area contributed by atoms with Gasteiger partial charge in [0, 0.05) is 5.92 Å². The first-order valence-corrected chi connectivity index (χ1v) is 7.41. The molecule has 0 bridgehead atoms. The highest BCUT2D eigenvalue weighted by molar-refractivity contribution is 6.14. The van der Waals surface area contributed by atoms with Gasteiger partial charge in [0.15, 0.2) is 0 Å². The molecule has 2 atom stereocenters. The van der Waals surface area contributed by atoms with E-state index in [2.05, 4.69) is 4.74 Å². The zero-order valence-electron chi connectivity index (χ0n) is 12.9. The second-order valence-corrected chi connectivity index (χ2v) is 5.39. The Bertz CT molecular complexity index is 781. The fourth-order valence-electron chi connectivity index (χ4n) is 2.72. The zero-order chi connectivity index (χ0) is 17.1. The Hall–Kier alpha value is -2.95. The molecule has 24 heavy (non-hydrogen) atoms.